The van der Waals surface area contributed by atoms with Crippen LogP contribution >= 0.6 is 0 Å². The van der Waals surface area contributed by atoms with E-state index in [0.717, 1.165) is 40.1 Å². The highest BCUT2D eigenvalue weighted by Gasteiger charge is 2.21. The number of hydrogen-bond acceptors (Lipinski definition) is 4. The van der Waals surface area contributed by atoms with Crippen molar-refractivity contribution in [3.63, 3.8) is 0 Å². The minimum atomic E-state index is -0.316. The van der Waals surface area contributed by atoms with Gasteiger partial charge >= 0.3 is 0 Å². The van der Waals surface area contributed by atoms with Crippen LogP contribution in [0.2, 0.25) is 0 Å². The van der Waals surface area contributed by atoms with Gasteiger partial charge in [-0.05, 0) is 53.8 Å². The molecule has 7 heteroatoms. The van der Waals surface area contributed by atoms with Crippen molar-refractivity contribution in [2.75, 3.05) is 12.4 Å². The van der Waals surface area contributed by atoms with E-state index in [4.69, 9.17) is 4.74 Å². The molecule has 1 atom stereocenters. The molecule has 2 aromatic heterocycles. The van der Waals surface area contributed by atoms with Crippen molar-refractivity contribution in [1.82, 2.24) is 20.4 Å². The van der Waals surface area contributed by atoms with Crippen LogP contribution in [0.1, 0.15) is 23.5 Å². The summed E-state index contributed by atoms with van der Waals surface area (Å²) in [6, 6.07) is 15.4. The molecular formula is C23H23N5O2. The van der Waals surface area contributed by atoms with Crippen molar-refractivity contribution in [1.29, 1.82) is 0 Å². The molecule has 30 heavy (non-hydrogen) atoms. The first-order valence-electron chi connectivity index (χ1n) is 9.74. The molecule has 152 valence electrons. The van der Waals surface area contributed by atoms with Crippen LogP contribution in [0, 0.1) is 0 Å². The maximum absolute atomic E-state index is 13.2. The third kappa shape index (κ3) is 4.57. The Morgan fingerprint density at radius 2 is 1.83 bits per heavy atom. The van der Waals surface area contributed by atoms with Crippen LogP contribution in [0.3, 0.4) is 0 Å². The quantitative estimate of drug-likeness (QED) is 0.413. The number of aromatic nitrogens is 4. The first-order valence-corrected chi connectivity index (χ1v) is 9.74. The number of nitrogens with one attached hydrogen (secondary N) is 3. The fourth-order valence-electron chi connectivity index (χ4n) is 3.42. The average molecular weight is 401 g/mol. The van der Waals surface area contributed by atoms with Gasteiger partial charge in [0.15, 0.2) is 0 Å². The average Bonchev–Trinajstić information content (AvgIpc) is 3.49. The lowest BCUT2D eigenvalue weighted by molar-refractivity contribution is -0.117. The number of hydrogen-bond donors (Lipinski definition) is 3. The maximum atomic E-state index is 13.2. The van der Waals surface area contributed by atoms with Crippen LogP contribution in [0.25, 0.3) is 11.1 Å². The number of carbonyl (C=O) groups is 1. The number of aryl methyl sites for hydroxylation is 1. The molecule has 2 heterocycles. The van der Waals surface area contributed by atoms with Crippen molar-refractivity contribution >= 4 is 11.6 Å². The fourth-order valence-corrected chi connectivity index (χ4v) is 3.42. The second-order valence-corrected chi connectivity index (χ2v) is 7.03. The van der Waals surface area contributed by atoms with Gasteiger partial charge in [0.2, 0.25) is 5.91 Å². The highest BCUT2D eigenvalue weighted by Crippen LogP contribution is 2.27. The van der Waals surface area contributed by atoms with Gasteiger partial charge in [-0.2, -0.15) is 10.2 Å². The number of amides is 1. The number of carbonyl (C=O) groups excluding carboxylic acids is 1. The molecule has 7 nitrogen and oxygen atoms in total. The summed E-state index contributed by atoms with van der Waals surface area (Å²) >= 11 is 0. The van der Waals surface area contributed by atoms with Crippen LogP contribution in [-0.4, -0.2) is 33.4 Å². The number of aromatic amines is 2. The Morgan fingerprint density at radius 3 is 2.53 bits per heavy atom. The molecule has 1 amide bonds. The van der Waals surface area contributed by atoms with Crippen LogP contribution in [0.5, 0.6) is 5.75 Å². The Bertz CT molecular complexity index is 1070. The van der Waals surface area contributed by atoms with E-state index in [2.05, 4.69) is 25.7 Å². The van der Waals surface area contributed by atoms with Gasteiger partial charge in [0.25, 0.3) is 0 Å². The summed E-state index contributed by atoms with van der Waals surface area (Å²) in [5.74, 6) is 0.365. The normalized spacial score (nSPS) is 11.8. The second-order valence-electron chi connectivity index (χ2n) is 7.03. The van der Waals surface area contributed by atoms with Crippen molar-refractivity contribution in [3.05, 3.63) is 84.4 Å². The van der Waals surface area contributed by atoms with Crippen LogP contribution in [-0.2, 0) is 11.2 Å². The van der Waals surface area contributed by atoms with Gasteiger partial charge in [-0.15, -0.1) is 0 Å². The molecule has 4 aromatic rings. The summed E-state index contributed by atoms with van der Waals surface area (Å²) in [6.07, 6.45) is 8.64. The number of methoxy groups -OCH3 is 1. The van der Waals surface area contributed by atoms with Gasteiger partial charge in [-0.25, -0.2) is 0 Å². The molecule has 2 aromatic carbocycles. The van der Waals surface area contributed by atoms with Gasteiger partial charge < -0.3 is 10.1 Å². The zero-order valence-electron chi connectivity index (χ0n) is 16.6. The molecule has 0 bridgehead atoms. The largest absolute Gasteiger partial charge is 0.497 e. The summed E-state index contributed by atoms with van der Waals surface area (Å²) in [5.41, 5.74) is 4.78. The first kappa shape index (κ1) is 19.4. The predicted molar refractivity (Wildman–Crippen MR) is 115 cm³/mol. The van der Waals surface area contributed by atoms with Crippen molar-refractivity contribution < 1.29 is 9.53 Å². The zero-order valence-corrected chi connectivity index (χ0v) is 16.6. The summed E-state index contributed by atoms with van der Waals surface area (Å²) < 4.78 is 5.35. The molecule has 4 rings (SSSR count). The highest BCUT2D eigenvalue weighted by molar-refractivity contribution is 5.96. The lowest BCUT2D eigenvalue weighted by atomic mass is 9.91. The predicted octanol–water partition coefficient (Wildman–Crippen LogP) is 4.16. The number of anilines is 1. The van der Waals surface area contributed by atoms with Crippen molar-refractivity contribution in [3.8, 4) is 16.9 Å². The van der Waals surface area contributed by atoms with Crippen LogP contribution < -0.4 is 10.1 Å². The Balaban J connectivity index is 1.52. The fraction of sp³-hybridized carbons (Fsp3) is 0.174. The van der Waals surface area contributed by atoms with E-state index in [0.29, 0.717) is 6.42 Å². The molecule has 0 aliphatic heterocycles. The number of H-pyrrole nitrogens is 2. The van der Waals surface area contributed by atoms with E-state index in [1.54, 1.807) is 19.5 Å². The molecule has 0 aliphatic rings. The van der Waals surface area contributed by atoms with Gasteiger partial charge in [-0.1, -0.05) is 24.3 Å². The number of nitrogens with zero attached hydrogens (tertiary/aromatic N) is 2. The Kier molecular flexibility index (Phi) is 5.89. The molecular weight excluding hydrogens is 378 g/mol. The molecule has 0 fully saturated rings. The van der Waals surface area contributed by atoms with E-state index in [1.165, 1.54) is 0 Å². The van der Waals surface area contributed by atoms with Gasteiger partial charge in [0, 0.05) is 23.6 Å². The third-order valence-corrected chi connectivity index (χ3v) is 5.07. The Labute approximate surface area is 174 Å². The summed E-state index contributed by atoms with van der Waals surface area (Å²) in [7, 11) is 1.63. The molecule has 0 saturated heterocycles. The molecule has 3 N–H and O–H groups in total. The topological polar surface area (TPSA) is 95.7 Å². The highest BCUT2D eigenvalue weighted by atomic mass is 16.5. The van der Waals surface area contributed by atoms with Gasteiger partial charge in [0.05, 0.1) is 25.4 Å². The third-order valence-electron chi connectivity index (χ3n) is 5.07. The molecule has 0 spiro atoms. The molecule has 0 saturated carbocycles. The van der Waals surface area contributed by atoms with Crippen LogP contribution in [0.4, 0.5) is 5.69 Å². The Hall–Kier alpha value is -3.87. The van der Waals surface area contributed by atoms with Gasteiger partial charge in [0.1, 0.15) is 5.75 Å². The van der Waals surface area contributed by atoms with Crippen LogP contribution in [0.15, 0.2) is 73.3 Å². The SMILES string of the molecule is COc1cccc(C(CCc2cn[nH]c2)C(=O)Nc2ccc(-c3cn[nH]c3)cc2)c1. The zero-order chi connectivity index (χ0) is 20.8. The Morgan fingerprint density at radius 1 is 1.03 bits per heavy atom. The monoisotopic (exact) mass is 401 g/mol. The van der Waals surface area contributed by atoms with Gasteiger partial charge in [-0.3, -0.25) is 15.0 Å². The number of benzene rings is 2. The van der Waals surface area contributed by atoms with Crippen molar-refractivity contribution in [2.45, 2.75) is 18.8 Å². The summed E-state index contributed by atoms with van der Waals surface area (Å²) in [6.45, 7) is 0. The van der Waals surface area contributed by atoms with E-state index >= 15 is 0 Å². The first-order chi connectivity index (χ1) is 14.7. The number of rotatable bonds is 8. The smallest absolute Gasteiger partial charge is 0.231 e. The molecule has 0 radical (unpaired) electrons. The standard InChI is InChI=1S/C23H23N5O2/c1-30-21-4-2-3-18(11-21)22(10-5-16-12-24-25-13-16)23(29)28-20-8-6-17(7-9-20)19-14-26-27-15-19/h2-4,6-9,11-15,22H,5,10H2,1H3,(H,24,25)(H,26,27)(H,28,29). The summed E-state index contributed by atoms with van der Waals surface area (Å²) in [5, 5.41) is 16.6. The molecule has 0 aliphatic carbocycles. The van der Waals surface area contributed by atoms with E-state index in [1.807, 2.05) is 60.9 Å². The van der Waals surface area contributed by atoms with E-state index < -0.39 is 0 Å². The molecule has 1 unspecified atom stereocenters. The van der Waals surface area contributed by atoms with E-state index in [-0.39, 0.29) is 11.8 Å². The summed E-state index contributed by atoms with van der Waals surface area (Å²) in [4.78, 5) is 13.2. The number of ether oxygens (including phenoxy) is 1. The lowest BCUT2D eigenvalue weighted by Gasteiger charge is -2.18. The minimum Gasteiger partial charge on any atom is -0.497 e. The minimum absolute atomic E-state index is 0.0530. The maximum Gasteiger partial charge on any atom is 0.231 e. The second kappa shape index (κ2) is 9.09. The lowest BCUT2D eigenvalue weighted by Crippen LogP contribution is -2.22. The van der Waals surface area contributed by atoms with E-state index in [9.17, 15) is 4.79 Å². The van der Waals surface area contributed by atoms with Crippen molar-refractivity contribution in [2.24, 2.45) is 0 Å².